The van der Waals surface area contributed by atoms with E-state index >= 15 is 0 Å². The number of H-pyrrole nitrogens is 1. The third kappa shape index (κ3) is 4.17. The van der Waals surface area contributed by atoms with E-state index in [1.165, 1.54) is 24.3 Å². The molecular weight excluding hydrogens is 379 g/mol. The van der Waals surface area contributed by atoms with Crippen LogP contribution in [0.5, 0.6) is 0 Å². The summed E-state index contributed by atoms with van der Waals surface area (Å²) in [5, 5.41) is 10.9. The molecule has 144 valence electrons. The summed E-state index contributed by atoms with van der Waals surface area (Å²) in [5.41, 5.74) is -1.44. The molecule has 0 spiro atoms. The van der Waals surface area contributed by atoms with E-state index in [4.69, 9.17) is 4.42 Å². The van der Waals surface area contributed by atoms with Crippen LogP contribution in [-0.4, -0.2) is 14.9 Å². The second-order valence-corrected chi connectivity index (χ2v) is 5.82. The fourth-order valence-corrected chi connectivity index (χ4v) is 2.49. The van der Waals surface area contributed by atoms with Crippen LogP contribution in [0.1, 0.15) is 22.7 Å². The van der Waals surface area contributed by atoms with Crippen molar-refractivity contribution < 1.29 is 22.5 Å². The van der Waals surface area contributed by atoms with E-state index in [-0.39, 0.29) is 11.4 Å². The van der Waals surface area contributed by atoms with Crippen LogP contribution in [0.3, 0.4) is 0 Å². The molecule has 2 aromatic heterocycles. The van der Waals surface area contributed by atoms with E-state index in [0.717, 1.165) is 0 Å². The molecule has 0 saturated carbocycles. The lowest BCUT2D eigenvalue weighted by Gasteiger charge is -2.05. The van der Waals surface area contributed by atoms with Gasteiger partial charge in [-0.15, -0.1) is 0 Å². The van der Waals surface area contributed by atoms with Crippen LogP contribution >= 0.6 is 0 Å². The summed E-state index contributed by atoms with van der Waals surface area (Å²) < 4.78 is 43.8. The number of benzene rings is 1. The summed E-state index contributed by atoms with van der Waals surface area (Å²) >= 11 is 0. The highest BCUT2D eigenvalue weighted by Crippen LogP contribution is 2.29. The Bertz CT molecular complexity index is 1130. The number of furan rings is 1. The fraction of sp³-hybridized carbons (Fsp3) is 0.111. The maximum atomic E-state index is 12.7. The topological polar surface area (TPSA) is 102 Å². The molecule has 0 bridgehead atoms. The maximum absolute atomic E-state index is 12.7. The summed E-state index contributed by atoms with van der Waals surface area (Å²) in [6.07, 6.45) is -2.12. The Morgan fingerprint density at radius 1 is 1.18 bits per heavy atom. The monoisotopic (exact) mass is 391 g/mol. The quantitative estimate of drug-likeness (QED) is 0.523. The average molecular weight is 391 g/mol. The molecule has 2 heterocycles. The number of nitrogens with zero attached hydrogens (tertiary/aromatic N) is 2. The number of hydrogen-bond donors (Lipinski definition) is 1. The number of nitro benzene ring substituents is 1. The van der Waals surface area contributed by atoms with Gasteiger partial charge in [0, 0.05) is 17.2 Å². The lowest BCUT2D eigenvalue weighted by atomic mass is 10.1. The number of nitro groups is 1. The molecule has 28 heavy (non-hydrogen) atoms. The lowest BCUT2D eigenvalue weighted by molar-refractivity contribution is -0.385. The predicted octanol–water partition coefficient (Wildman–Crippen LogP) is 4.44. The van der Waals surface area contributed by atoms with Crippen LogP contribution < -0.4 is 5.69 Å². The first-order chi connectivity index (χ1) is 13.1. The summed E-state index contributed by atoms with van der Waals surface area (Å²) in [7, 11) is 0. The van der Waals surface area contributed by atoms with Crippen molar-refractivity contribution in [3.63, 3.8) is 0 Å². The largest absolute Gasteiger partial charge is 0.457 e. The SMILES string of the molecule is Cc1cc(-c2ccc(/C=C/c3cc(C(F)(F)F)[nH]c(=O)n3)o2)ccc1[N+](=O)[O-]. The minimum Gasteiger partial charge on any atom is -0.457 e. The Kier molecular flexibility index (Phi) is 4.87. The second kappa shape index (κ2) is 7.14. The van der Waals surface area contributed by atoms with E-state index in [9.17, 15) is 28.1 Å². The summed E-state index contributed by atoms with van der Waals surface area (Å²) in [4.78, 5) is 26.8. The van der Waals surface area contributed by atoms with Crippen molar-refractivity contribution in [3.8, 4) is 11.3 Å². The fourth-order valence-electron chi connectivity index (χ4n) is 2.49. The van der Waals surface area contributed by atoms with Crippen LogP contribution in [0.2, 0.25) is 0 Å². The number of alkyl halides is 3. The molecule has 1 N–H and O–H groups in total. The van der Waals surface area contributed by atoms with Crippen molar-refractivity contribution >= 4 is 17.8 Å². The van der Waals surface area contributed by atoms with Gasteiger partial charge in [-0.1, -0.05) is 0 Å². The maximum Gasteiger partial charge on any atom is 0.431 e. The number of rotatable bonds is 4. The number of halogens is 3. The second-order valence-electron chi connectivity index (χ2n) is 5.82. The van der Waals surface area contributed by atoms with Gasteiger partial charge >= 0.3 is 11.9 Å². The Morgan fingerprint density at radius 3 is 2.57 bits per heavy atom. The molecule has 0 aliphatic heterocycles. The molecule has 0 radical (unpaired) electrons. The molecule has 0 aliphatic carbocycles. The van der Waals surface area contributed by atoms with Crippen LogP contribution in [0, 0.1) is 17.0 Å². The number of aryl methyl sites for hydroxylation is 1. The van der Waals surface area contributed by atoms with Gasteiger partial charge < -0.3 is 9.40 Å². The van der Waals surface area contributed by atoms with Crippen LogP contribution in [0.4, 0.5) is 18.9 Å². The first kappa shape index (κ1) is 19.1. The summed E-state index contributed by atoms with van der Waals surface area (Å²) in [6, 6.07) is 8.39. The minimum atomic E-state index is -4.70. The zero-order valence-electron chi connectivity index (χ0n) is 14.3. The van der Waals surface area contributed by atoms with Crippen molar-refractivity contribution in [1.82, 2.24) is 9.97 Å². The van der Waals surface area contributed by atoms with Gasteiger partial charge in [-0.25, -0.2) is 4.79 Å². The van der Waals surface area contributed by atoms with Crippen molar-refractivity contribution in [2.45, 2.75) is 13.1 Å². The van der Waals surface area contributed by atoms with E-state index in [2.05, 4.69) is 4.98 Å². The standard InChI is InChI=1S/C18H12F3N3O4/c1-10-8-11(2-6-14(10)24(26)27)15-7-5-13(28-15)4-3-12-9-16(18(19,20)21)23-17(25)22-12/h2-9H,1H3,(H,22,23,25)/b4-3+. The Balaban J connectivity index is 1.86. The van der Waals surface area contributed by atoms with Gasteiger partial charge in [-0.05, 0) is 49.4 Å². The normalized spacial score (nSPS) is 11.9. The smallest absolute Gasteiger partial charge is 0.431 e. The third-order valence-electron chi connectivity index (χ3n) is 3.79. The number of nitrogens with one attached hydrogen (secondary N) is 1. The summed E-state index contributed by atoms with van der Waals surface area (Å²) in [6.45, 7) is 1.60. The van der Waals surface area contributed by atoms with E-state index in [0.29, 0.717) is 28.7 Å². The molecule has 0 unspecified atom stereocenters. The van der Waals surface area contributed by atoms with Gasteiger partial charge in [0.25, 0.3) is 5.69 Å². The highest BCUT2D eigenvalue weighted by Gasteiger charge is 2.32. The van der Waals surface area contributed by atoms with Crippen molar-refractivity contribution in [1.29, 1.82) is 0 Å². The van der Waals surface area contributed by atoms with Gasteiger partial charge in [0.1, 0.15) is 17.2 Å². The van der Waals surface area contributed by atoms with Crippen molar-refractivity contribution in [3.05, 3.63) is 79.7 Å². The van der Waals surface area contributed by atoms with Gasteiger partial charge in [-0.2, -0.15) is 18.2 Å². The molecule has 0 amide bonds. The van der Waals surface area contributed by atoms with Gasteiger partial charge in [-0.3, -0.25) is 10.1 Å². The average Bonchev–Trinajstić information content (AvgIpc) is 3.07. The Morgan fingerprint density at radius 2 is 1.93 bits per heavy atom. The zero-order chi connectivity index (χ0) is 20.5. The highest BCUT2D eigenvalue weighted by atomic mass is 19.4. The molecule has 0 atom stereocenters. The third-order valence-corrected chi connectivity index (χ3v) is 3.79. The molecule has 3 rings (SSSR count). The predicted molar refractivity (Wildman–Crippen MR) is 94.3 cm³/mol. The minimum absolute atomic E-state index is 0.0173. The molecular formula is C18H12F3N3O4. The molecule has 0 saturated heterocycles. The van der Waals surface area contributed by atoms with Crippen LogP contribution in [0.25, 0.3) is 23.5 Å². The molecule has 0 aliphatic rings. The molecule has 0 fully saturated rings. The molecule has 1 aromatic carbocycles. The van der Waals surface area contributed by atoms with Crippen molar-refractivity contribution in [2.24, 2.45) is 0 Å². The lowest BCUT2D eigenvalue weighted by Crippen LogP contribution is -2.19. The van der Waals surface area contributed by atoms with Crippen LogP contribution in [0.15, 0.2) is 45.6 Å². The zero-order valence-corrected chi connectivity index (χ0v) is 14.3. The number of hydrogen-bond acceptors (Lipinski definition) is 5. The molecule has 3 aromatic rings. The first-order valence-corrected chi connectivity index (χ1v) is 7.85. The highest BCUT2D eigenvalue weighted by molar-refractivity contribution is 5.68. The summed E-state index contributed by atoms with van der Waals surface area (Å²) in [5.74, 6) is 0.731. The van der Waals surface area contributed by atoms with E-state index in [1.54, 1.807) is 30.1 Å². The first-order valence-electron chi connectivity index (χ1n) is 7.85. The number of aromatic amines is 1. The Labute approximate surface area is 155 Å². The molecule has 7 nitrogen and oxygen atoms in total. The van der Waals surface area contributed by atoms with E-state index < -0.39 is 22.5 Å². The Hall–Kier alpha value is -3.69. The van der Waals surface area contributed by atoms with Crippen LogP contribution in [-0.2, 0) is 6.18 Å². The van der Waals surface area contributed by atoms with E-state index in [1.807, 2.05) is 0 Å². The van der Waals surface area contributed by atoms with Gasteiger partial charge in [0.15, 0.2) is 0 Å². The number of aromatic nitrogens is 2. The van der Waals surface area contributed by atoms with Gasteiger partial charge in [0.2, 0.25) is 0 Å². The van der Waals surface area contributed by atoms with Crippen molar-refractivity contribution in [2.75, 3.05) is 0 Å². The molecule has 10 heteroatoms. The van der Waals surface area contributed by atoms with Gasteiger partial charge in [0.05, 0.1) is 10.6 Å².